The van der Waals surface area contributed by atoms with Crippen LogP contribution >= 0.6 is 0 Å². The summed E-state index contributed by atoms with van der Waals surface area (Å²) in [4.78, 5) is 25.6. The van der Waals surface area contributed by atoms with Gasteiger partial charge in [0.15, 0.2) is 11.5 Å². The van der Waals surface area contributed by atoms with Gasteiger partial charge in [-0.1, -0.05) is 0 Å². The fourth-order valence-electron chi connectivity index (χ4n) is 3.07. The molecule has 0 saturated carbocycles. The second-order valence-corrected chi connectivity index (χ2v) is 5.68. The number of hydrogen-bond donors (Lipinski definition) is 5. The molecule has 7 nitrogen and oxygen atoms in total. The summed E-state index contributed by atoms with van der Waals surface area (Å²) in [6, 6.07) is 2.79. The van der Waals surface area contributed by atoms with Crippen LogP contribution in [-0.2, 0) is 6.42 Å². The Kier molecular flexibility index (Phi) is 3.46. The largest absolute Gasteiger partial charge is 0.507 e. The quantitative estimate of drug-likeness (QED) is 0.349. The number of anilines is 1. The highest BCUT2D eigenvalue weighted by atomic mass is 16.3. The summed E-state index contributed by atoms with van der Waals surface area (Å²) in [6.07, 6.45) is -0.120. The van der Waals surface area contributed by atoms with Crippen LogP contribution in [-0.4, -0.2) is 38.6 Å². The van der Waals surface area contributed by atoms with Crippen molar-refractivity contribution in [1.82, 2.24) is 0 Å². The normalized spacial score (nSPS) is 12.9. The van der Waals surface area contributed by atoms with Crippen LogP contribution in [0.3, 0.4) is 0 Å². The first kappa shape index (κ1) is 15.8. The van der Waals surface area contributed by atoms with Crippen molar-refractivity contribution in [3.63, 3.8) is 0 Å². The van der Waals surface area contributed by atoms with E-state index in [0.717, 1.165) is 0 Å². The predicted molar refractivity (Wildman–Crippen MR) is 84.7 cm³/mol. The zero-order valence-electron chi connectivity index (χ0n) is 12.8. The van der Waals surface area contributed by atoms with Gasteiger partial charge in [0.2, 0.25) is 5.78 Å². The molecule has 3 rings (SSSR count). The van der Waals surface area contributed by atoms with Crippen molar-refractivity contribution in [3.05, 3.63) is 45.5 Å². The number of benzene rings is 2. The number of rotatable bonds is 2. The van der Waals surface area contributed by atoms with Crippen LogP contribution in [0, 0.1) is 6.92 Å². The summed E-state index contributed by atoms with van der Waals surface area (Å²) in [5.74, 6) is -3.02. The van der Waals surface area contributed by atoms with E-state index < -0.39 is 35.4 Å². The molecule has 0 amide bonds. The Balaban J connectivity index is 2.44. The average molecular weight is 329 g/mol. The summed E-state index contributed by atoms with van der Waals surface area (Å²) in [5, 5.41) is 39.5. The number of aromatic hydroxyl groups is 3. The van der Waals surface area contributed by atoms with Gasteiger partial charge in [-0.3, -0.25) is 9.59 Å². The number of aliphatic hydroxyl groups excluding tert-OH is 1. The number of nitrogen functional groups attached to an aromatic ring is 1. The number of ketones is 2. The number of carbonyl (C=O) groups excluding carboxylic acids is 2. The Bertz CT molecular complexity index is 916. The molecular formula is C17H15NO6. The number of fused-ring (bicyclic) bond motifs is 2. The fourth-order valence-corrected chi connectivity index (χ4v) is 3.07. The minimum absolute atomic E-state index is 0.00667. The third kappa shape index (κ3) is 1.95. The van der Waals surface area contributed by atoms with Crippen LogP contribution in [0.2, 0.25) is 0 Å². The molecule has 1 aliphatic rings. The molecular weight excluding hydrogens is 314 g/mol. The number of phenols is 3. The van der Waals surface area contributed by atoms with E-state index in [4.69, 9.17) is 5.73 Å². The van der Waals surface area contributed by atoms with E-state index in [9.17, 15) is 30.0 Å². The van der Waals surface area contributed by atoms with Crippen LogP contribution in [0.4, 0.5) is 5.69 Å². The highest BCUT2D eigenvalue weighted by Crippen LogP contribution is 2.46. The monoisotopic (exact) mass is 329 g/mol. The number of aliphatic hydroxyl groups is 1. The van der Waals surface area contributed by atoms with E-state index in [1.807, 2.05) is 0 Å². The lowest BCUT2D eigenvalue weighted by Crippen LogP contribution is -2.24. The third-order valence-corrected chi connectivity index (χ3v) is 4.13. The first-order valence-corrected chi connectivity index (χ1v) is 7.19. The van der Waals surface area contributed by atoms with E-state index in [-0.39, 0.29) is 40.0 Å². The van der Waals surface area contributed by atoms with Gasteiger partial charge in [-0.25, -0.2) is 0 Å². The molecule has 0 bridgehead atoms. The highest BCUT2D eigenvalue weighted by molar-refractivity contribution is 6.31. The molecule has 0 heterocycles. The predicted octanol–water partition coefficient (Wildman–Crippen LogP) is 1.00. The zero-order chi connectivity index (χ0) is 17.8. The van der Waals surface area contributed by atoms with E-state index in [1.54, 1.807) is 6.92 Å². The van der Waals surface area contributed by atoms with Crippen molar-refractivity contribution < 1.29 is 30.0 Å². The molecule has 7 heteroatoms. The number of aryl methyl sites for hydroxylation is 1. The Morgan fingerprint density at radius 2 is 1.62 bits per heavy atom. The van der Waals surface area contributed by atoms with Gasteiger partial charge < -0.3 is 26.2 Å². The van der Waals surface area contributed by atoms with E-state index in [1.165, 1.54) is 12.1 Å². The van der Waals surface area contributed by atoms with Crippen molar-refractivity contribution in [3.8, 4) is 17.2 Å². The fraction of sp³-hybridized carbons (Fsp3) is 0.176. The van der Waals surface area contributed by atoms with Gasteiger partial charge in [0.05, 0.1) is 11.1 Å². The molecule has 24 heavy (non-hydrogen) atoms. The van der Waals surface area contributed by atoms with Crippen molar-refractivity contribution in [2.24, 2.45) is 0 Å². The first-order valence-electron chi connectivity index (χ1n) is 7.19. The van der Waals surface area contributed by atoms with Gasteiger partial charge in [0.25, 0.3) is 0 Å². The number of carbonyl (C=O) groups is 2. The van der Waals surface area contributed by atoms with Gasteiger partial charge in [-0.2, -0.15) is 0 Å². The Labute approximate surface area is 136 Å². The van der Waals surface area contributed by atoms with Crippen LogP contribution in [0.5, 0.6) is 17.2 Å². The van der Waals surface area contributed by atoms with E-state index >= 15 is 0 Å². The Hall–Kier alpha value is -3.06. The van der Waals surface area contributed by atoms with Crippen molar-refractivity contribution in [1.29, 1.82) is 0 Å². The van der Waals surface area contributed by atoms with Crippen molar-refractivity contribution in [2.75, 3.05) is 12.3 Å². The number of phenolic OH excluding ortho intramolecular Hbond substituents is 3. The highest BCUT2D eigenvalue weighted by Gasteiger charge is 2.38. The molecule has 0 spiro atoms. The maximum atomic E-state index is 12.9. The molecule has 0 unspecified atom stereocenters. The SMILES string of the molecule is Cc1cc(O)c2c(c1)C(=O)c1c(CCO)c(O)c(N)c(O)c1C2=O. The summed E-state index contributed by atoms with van der Waals surface area (Å²) in [5.41, 5.74) is 4.93. The Morgan fingerprint density at radius 3 is 2.25 bits per heavy atom. The van der Waals surface area contributed by atoms with E-state index in [0.29, 0.717) is 5.56 Å². The van der Waals surface area contributed by atoms with Crippen LogP contribution < -0.4 is 5.73 Å². The van der Waals surface area contributed by atoms with E-state index in [2.05, 4.69) is 0 Å². The Morgan fingerprint density at radius 1 is 0.958 bits per heavy atom. The summed E-state index contributed by atoms with van der Waals surface area (Å²) in [6.45, 7) is 1.26. The van der Waals surface area contributed by atoms with Gasteiger partial charge in [-0.15, -0.1) is 0 Å². The van der Waals surface area contributed by atoms with Crippen molar-refractivity contribution >= 4 is 17.3 Å². The minimum Gasteiger partial charge on any atom is -0.507 e. The molecule has 2 aromatic carbocycles. The lowest BCUT2D eigenvalue weighted by molar-refractivity contribution is 0.0973. The maximum Gasteiger partial charge on any atom is 0.202 e. The summed E-state index contributed by atoms with van der Waals surface area (Å²) >= 11 is 0. The number of nitrogens with two attached hydrogens (primary N) is 1. The van der Waals surface area contributed by atoms with Crippen LogP contribution in [0.25, 0.3) is 0 Å². The van der Waals surface area contributed by atoms with Gasteiger partial charge in [0, 0.05) is 23.3 Å². The molecule has 0 aromatic heterocycles. The van der Waals surface area contributed by atoms with Crippen LogP contribution in [0.1, 0.15) is 43.0 Å². The molecule has 0 atom stereocenters. The zero-order valence-corrected chi connectivity index (χ0v) is 12.8. The summed E-state index contributed by atoms with van der Waals surface area (Å²) in [7, 11) is 0. The first-order chi connectivity index (χ1) is 11.3. The lowest BCUT2D eigenvalue weighted by Gasteiger charge is -2.24. The molecule has 0 aliphatic heterocycles. The molecule has 0 radical (unpaired) electrons. The third-order valence-electron chi connectivity index (χ3n) is 4.13. The smallest absolute Gasteiger partial charge is 0.202 e. The van der Waals surface area contributed by atoms with Gasteiger partial charge >= 0.3 is 0 Å². The van der Waals surface area contributed by atoms with Crippen molar-refractivity contribution in [2.45, 2.75) is 13.3 Å². The molecule has 0 saturated heterocycles. The minimum atomic E-state index is -0.763. The number of hydrogen-bond acceptors (Lipinski definition) is 7. The summed E-state index contributed by atoms with van der Waals surface area (Å²) < 4.78 is 0. The standard InChI is InChI=1S/C17H15NO6/c1-6-4-8-10(9(20)5-6)16(23)12-11(14(8)21)7(2-3-19)15(22)13(18)17(12)24/h4-5,19-20,22,24H,2-3,18H2,1H3. The topological polar surface area (TPSA) is 141 Å². The van der Waals surface area contributed by atoms with Crippen LogP contribution in [0.15, 0.2) is 12.1 Å². The molecule has 6 N–H and O–H groups in total. The van der Waals surface area contributed by atoms with Gasteiger partial charge in [0.1, 0.15) is 17.2 Å². The second kappa shape index (κ2) is 5.24. The molecule has 124 valence electrons. The maximum absolute atomic E-state index is 12.9. The molecule has 2 aromatic rings. The second-order valence-electron chi connectivity index (χ2n) is 5.68. The molecule has 1 aliphatic carbocycles. The molecule has 0 fully saturated rings. The van der Waals surface area contributed by atoms with Gasteiger partial charge in [-0.05, 0) is 31.0 Å². The lowest BCUT2D eigenvalue weighted by atomic mass is 9.79. The average Bonchev–Trinajstić information content (AvgIpc) is 2.52.